The van der Waals surface area contributed by atoms with Crippen molar-refractivity contribution in [3.05, 3.63) is 65.7 Å². The Morgan fingerprint density at radius 3 is 2.63 bits per heavy atom. The predicted molar refractivity (Wildman–Crippen MR) is 135 cm³/mol. The first-order valence-electron chi connectivity index (χ1n) is 13.0. The summed E-state index contributed by atoms with van der Waals surface area (Å²) in [5.41, 5.74) is 1.47. The molecule has 0 bridgehead atoms. The fraction of sp³-hybridized carbons (Fsp3) is 0.552. The Kier molecular flexibility index (Phi) is 6.78. The molecule has 1 heterocycles. The van der Waals surface area contributed by atoms with E-state index in [2.05, 4.69) is 11.0 Å². The highest BCUT2D eigenvalue weighted by Crippen LogP contribution is 2.54. The molecule has 188 valence electrons. The highest BCUT2D eigenvalue weighted by atomic mass is 16.6. The number of aromatic hydroxyl groups is 1. The summed E-state index contributed by atoms with van der Waals surface area (Å²) in [6.45, 7) is 3.32. The molecule has 0 radical (unpaired) electrons. The minimum Gasteiger partial charge on any atom is -0.508 e. The summed E-state index contributed by atoms with van der Waals surface area (Å²) in [7, 11) is 3.70. The summed E-state index contributed by atoms with van der Waals surface area (Å²) in [5.74, 6) is 1.11. The van der Waals surface area contributed by atoms with Gasteiger partial charge in [-0.1, -0.05) is 42.5 Å². The second kappa shape index (κ2) is 9.82. The molecule has 6 nitrogen and oxygen atoms in total. The topological polar surface area (TPSA) is 62.2 Å². The van der Waals surface area contributed by atoms with Crippen molar-refractivity contribution in [1.82, 2.24) is 9.80 Å². The predicted octanol–water partition coefficient (Wildman–Crippen LogP) is 4.95. The minimum atomic E-state index is -0.348. The maximum atomic E-state index is 13.0. The Labute approximate surface area is 208 Å². The van der Waals surface area contributed by atoms with Gasteiger partial charge in [0.1, 0.15) is 12.4 Å². The molecule has 6 heteroatoms. The molecule has 2 aliphatic carbocycles. The van der Waals surface area contributed by atoms with Crippen LogP contribution in [0.1, 0.15) is 49.7 Å². The number of likely N-dealkylation sites (tertiary alicyclic amines) is 1. The Hall–Kier alpha value is -2.57. The monoisotopic (exact) mass is 478 g/mol. The van der Waals surface area contributed by atoms with Gasteiger partial charge in [0.15, 0.2) is 0 Å². The van der Waals surface area contributed by atoms with E-state index < -0.39 is 0 Å². The zero-order valence-corrected chi connectivity index (χ0v) is 21.0. The second-order valence-electron chi connectivity index (χ2n) is 10.8. The average molecular weight is 479 g/mol. The number of nitrogens with zero attached hydrogens (tertiary/aromatic N) is 2. The Balaban J connectivity index is 1.38. The van der Waals surface area contributed by atoms with E-state index >= 15 is 0 Å². The molecule has 0 aromatic heterocycles. The molecule has 0 spiro atoms. The van der Waals surface area contributed by atoms with Gasteiger partial charge in [-0.15, -0.1) is 0 Å². The number of hydrogen-bond acceptors (Lipinski definition) is 5. The molecule has 1 N–H and O–H groups in total. The van der Waals surface area contributed by atoms with Crippen LogP contribution in [0.4, 0.5) is 4.79 Å². The summed E-state index contributed by atoms with van der Waals surface area (Å²) >= 11 is 0. The Morgan fingerprint density at radius 2 is 1.91 bits per heavy atom. The van der Waals surface area contributed by atoms with Gasteiger partial charge in [0, 0.05) is 38.7 Å². The van der Waals surface area contributed by atoms with E-state index in [0.29, 0.717) is 0 Å². The number of fused-ring (bicyclic) bond motifs is 1. The van der Waals surface area contributed by atoms with Crippen LogP contribution in [0.15, 0.2) is 54.6 Å². The van der Waals surface area contributed by atoms with Gasteiger partial charge in [-0.25, -0.2) is 4.79 Å². The van der Waals surface area contributed by atoms with Crippen molar-refractivity contribution < 1.29 is 19.4 Å². The molecule has 2 saturated carbocycles. The van der Waals surface area contributed by atoms with Crippen molar-refractivity contribution in [1.29, 1.82) is 0 Å². The lowest BCUT2D eigenvalue weighted by atomic mass is 9.55. The fourth-order valence-electron chi connectivity index (χ4n) is 6.49. The molecule has 3 atom stereocenters. The van der Waals surface area contributed by atoms with Crippen LogP contribution in [0.5, 0.6) is 5.75 Å². The van der Waals surface area contributed by atoms with Crippen LogP contribution in [-0.2, 0) is 21.5 Å². The molecule has 1 aliphatic heterocycles. The zero-order valence-electron chi connectivity index (χ0n) is 21.0. The van der Waals surface area contributed by atoms with Crippen LogP contribution in [0.3, 0.4) is 0 Å². The van der Waals surface area contributed by atoms with Crippen molar-refractivity contribution in [2.75, 3.05) is 33.8 Å². The van der Waals surface area contributed by atoms with Crippen molar-refractivity contribution in [2.24, 2.45) is 5.92 Å². The van der Waals surface area contributed by atoms with E-state index in [1.54, 1.807) is 11.0 Å². The summed E-state index contributed by atoms with van der Waals surface area (Å²) < 4.78 is 12.1. The SMILES string of the molecule is CO[C@]12CC[C@H](N(C)C(=O)OCc3ccccc3)C[C@]1(c1cccc(O)c1)CCN(CC1CC1)C2. The highest BCUT2D eigenvalue weighted by Gasteiger charge is 2.59. The minimum absolute atomic E-state index is 0.0406. The van der Waals surface area contributed by atoms with E-state index in [1.165, 1.54) is 12.8 Å². The number of amides is 1. The molecule has 5 rings (SSSR count). The molecule has 0 unspecified atom stereocenters. The van der Waals surface area contributed by atoms with Gasteiger partial charge in [-0.2, -0.15) is 0 Å². The number of benzene rings is 2. The summed E-state index contributed by atoms with van der Waals surface area (Å²) in [4.78, 5) is 17.4. The van der Waals surface area contributed by atoms with E-state index in [-0.39, 0.29) is 35.5 Å². The number of methoxy groups -OCH3 is 1. The third-order valence-corrected chi connectivity index (χ3v) is 8.72. The van der Waals surface area contributed by atoms with Crippen molar-refractivity contribution in [2.45, 2.75) is 62.2 Å². The number of carbonyl (C=O) groups excluding carboxylic acids is 1. The highest BCUT2D eigenvalue weighted by molar-refractivity contribution is 5.67. The summed E-state index contributed by atoms with van der Waals surface area (Å²) in [5, 5.41) is 10.4. The third-order valence-electron chi connectivity index (χ3n) is 8.72. The van der Waals surface area contributed by atoms with Gasteiger partial charge in [-0.3, -0.25) is 0 Å². The van der Waals surface area contributed by atoms with Crippen LogP contribution in [0.2, 0.25) is 0 Å². The van der Waals surface area contributed by atoms with Gasteiger partial charge in [0.25, 0.3) is 0 Å². The van der Waals surface area contributed by atoms with E-state index in [0.717, 1.165) is 62.4 Å². The Morgan fingerprint density at radius 1 is 1.11 bits per heavy atom. The standard InChI is InChI=1S/C29H38N2O4/c1-30(27(33)35-20-23-7-4-3-5-8-23)25-13-14-29(34-2)21-31(19-22-11-12-22)16-15-28(29,18-25)24-9-6-10-26(32)17-24/h3-10,17,22,25,32H,11-16,18-21H2,1-2H3/t25-,28-,29-/m0/s1. The van der Waals surface area contributed by atoms with E-state index in [1.807, 2.05) is 56.6 Å². The van der Waals surface area contributed by atoms with Crippen LogP contribution in [0.25, 0.3) is 0 Å². The third kappa shape index (κ3) is 4.78. The number of rotatable bonds is 7. The second-order valence-corrected chi connectivity index (χ2v) is 10.8. The largest absolute Gasteiger partial charge is 0.508 e. The van der Waals surface area contributed by atoms with Gasteiger partial charge in [0.05, 0.1) is 5.60 Å². The van der Waals surface area contributed by atoms with E-state index in [4.69, 9.17) is 9.47 Å². The lowest BCUT2D eigenvalue weighted by Crippen LogP contribution is -2.68. The maximum Gasteiger partial charge on any atom is 0.410 e. The van der Waals surface area contributed by atoms with Gasteiger partial charge >= 0.3 is 6.09 Å². The number of hydrogen-bond donors (Lipinski definition) is 1. The quantitative estimate of drug-likeness (QED) is 0.610. The number of carbonyl (C=O) groups is 1. The summed E-state index contributed by atoms with van der Waals surface area (Å²) in [6, 6.07) is 17.5. The smallest absolute Gasteiger partial charge is 0.410 e. The first-order chi connectivity index (χ1) is 16.9. The lowest BCUT2D eigenvalue weighted by Gasteiger charge is -2.60. The normalized spacial score (nSPS) is 28.8. The van der Waals surface area contributed by atoms with Crippen molar-refractivity contribution in [3.8, 4) is 5.75 Å². The van der Waals surface area contributed by atoms with Crippen LogP contribution < -0.4 is 0 Å². The van der Waals surface area contributed by atoms with Gasteiger partial charge < -0.3 is 24.4 Å². The van der Waals surface area contributed by atoms with Crippen molar-refractivity contribution in [3.63, 3.8) is 0 Å². The molecular formula is C29H38N2O4. The molecule has 2 aromatic rings. The zero-order chi connectivity index (χ0) is 24.5. The lowest BCUT2D eigenvalue weighted by molar-refractivity contribution is -0.154. The molecule has 3 aliphatic rings. The van der Waals surface area contributed by atoms with E-state index in [9.17, 15) is 9.90 Å². The maximum absolute atomic E-state index is 13.0. The average Bonchev–Trinajstić information content (AvgIpc) is 3.71. The first kappa shape index (κ1) is 24.1. The fourth-order valence-corrected chi connectivity index (χ4v) is 6.49. The first-order valence-corrected chi connectivity index (χ1v) is 13.0. The van der Waals surface area contributed by atoms with Crippen LogP contribution >= 0.6 is 0 Å². The molecular weight excluding hydrogens is 440 g/mol. The number of phenolic OH excluding ortho intramolecular Hbond substituents is 1. The number of ether oxygens (including phenoxy) is 2. The Bertz CT molecular complexity index is 1030. The molecule has 2 aromatic carbocycles. The molecule has 35 heavy (non-hydrogen) atoms. The molecule has 3 fully saturated rings. The molecule has 1 amide bonds. The van der Waals surface area contributed by atoms with Gasteiger partial charge in [0.2, 0.25) is 0 Å². The number of piperidine rings is 1. The van der Waals surface area contributed by atoms with Crippen LogP contribution in [0, 0.1) is 5.92 Å². The summed E-state index contributed by atoms with van der Waals surface area (Å²) in [6.07, 6.45) is 5.85. The van der Waals surface area contributed by atoms with Crippen LogP contribution in [-0.4, -0.2) is 66.4 Å². The van der Waals surface area contributed by atoms with Crippen molar-refractivity contribution >= 4 is 6.09 Å². The van der Waals surface area contributed by atoms with Gasteiger partial charge in [-0.05, 0) is 74.2 Å². The molecule has 1 saturated heterocycles. The number of phenols is 1.